The number of nitrogens with one attached hydrogen (secondary N) is 2. The van der Waals surface area contributed by atoms with Crippen molar-refractivity contribution < 1.29 is 9.18 Å². The number of halogens is 1. The first-order valence-electron chi connectivity index (χ1n) is 7.41. The van der Waals surface area contributed by atoms with E-state index in [-0.39, 0.29) is 23.8 Å². The number of benzene rings is 1. The summed E-state index contributed by atoms with van der Waals surface area (Å²) in [5, 5.41) is 6.28. The van der Waals surface area contributed by atoms with Gasteiger partial charge >= 0.3 is 0 Å². The van der Waals surface area contributed by atoms with Gasteiger partial charge in [-0.25, -0.2) is 4.39 Å². The minimum Gasteiger partial charge on any atom is -0.355 e. The number of hydrogen-bond acceptors (Lipinski definition) is 2. The summed E-state index contributed by atoms with van der Waals surface area (Å²) >= 11 is 0. The standard InChI is InChI=1S/C16H23FN2O/c1-3-10-18-16(20)11(2)19-15(12-4-5-12)13-6-8-14(17)9-7-13/h6-9,11-12,15,19H,3-5,10H2,1-2H3,(H,18,20). The van der Waals surface area contributed by atoms with Gasteiger partial charge in [0.15, 0.2) is 0 Å². The minimum atomic E-state index is -0.239. The Morgan fingerprint density at radius 2 is 2.00 bits per heavy atom. The molecule has 0 heterocycles. The van der Waals surface area contributed by atoms with Crippen LogP contribution in [0.2, 0.25) is 0 Å². The Hall–Kier alpha value is -1.42. The van der Waals surface area contributed by atoms with Gasteiger partial charge in [0.05, 0.1) is 6.04 Å². The molecule has 0 bridgehead atoms. The molecule has 4 heteroatoms. The molecule has 3 nitrogen and oxygen atoms in total. The smallest absolute Gasteiger partial charge is 0.236 e. The highest BCUT2D eigenvalue weighted by Gasteiger charge is 2.33. The fourth-order valence-corrected chi connectivity index (χ4v) is 2.35. The van der Waals surface area contributed by atoms with Crippen molar-refractivity contribution in [3.8, 4) is 0 Å². The quantitative estimate of drug-likeness (QED) is 0.805. The molecule has 110 valence electrons. The Morgan fingerprint density at radius 3 is 2.55 bits per heavy atom. The van der Waals surface area contributed by atoms with E-state index in [2.05, 4.69) is 10.6 Å². The van der Waals surface area contributed by atoms with Crippen LogP contribution in [0, 0.1) is 11.7 Å². The zero-order valence-corrected chi connectivity index (χ0v) is 12.2. The van der Waals surface area contributed by atoms with Crippen LogP contribution in [0.1, 0.15) is 44.7 Å². The molecule has 0 radical (unpaired) electrons. The molecule has 2 N–H and O–H groups in total. The maximum atomic E-state index is 13.0. The second-order valence-corrected chi connectivity index (χ2v) is 5.55. The van der Waals surface area contributed by atoms with Crippen molar-refractivity contribution in [2.45, 2.75) is 45.2 Å². The van der Waals surface area contributed by atoms with Gasteiger partial charge in [0.25, 0.3) is 0 Å². The fourth-order valence-electron chi connectivity index (χ4n) is 2.35. The SMILES string of the molecule is CCCNC(=O)C(C)NC(c1ccc(F)cc1)C1CC1. The van der Waals surface area contributed by atoms with Crippen LogP contribution < -0.4 is 10.6 Å². The molecule has 1 aliphatic carbocycles. The highest BCUT2D eigenvalue weighted by Crippen LogP contribution is 2.41. The van der Waals surface area contributed by atoms with Crippen LogP contribution in [0.5, 0.6) is 0 Å². The van der Waals surface area contributed by atoms with E-state index in [0.29, 0.717) is 12.5 Å². The van der Waals surface area contributed by atoms with Crippen LogP contribution in [-0.2, 0) is 4.79 Å². The van der Waals surface area contributed by atoms with Crippen LogP contribution in [0.4, 0.5) is 4.39 Å². The van der Waals surface area contributed by atoms with Gasteiger partial charge in [-0.05, 0) is 49.8 Å². The average molecular weight is 278 g/mol. The van der Waals surface area contributed by atoms with Crippen molar-refractivity contribution >= 4 is 5.91 Å². The lowest BCUT2D eigenvalue weighted by molar-refractivity contribution is -0.123. The highest BCUT2D eigenvalue weighted by molar-refractivity contribution is 5.81. The van der Waals surface area contributed by atoms with Crippen LogP contribution >= 0.6 is 0 Å². The summed E-state index contributed by atoms with van der Waals surface area (Å²) in [5.74, 6) is 0.360. The summed E-state index contributed by atoms with van der Waals surface area (Å²) in [6.45, 7) is 4.61. The molecule has 1 aromatic carbocycles. The van der Waals surface area contributed by atoms with Gasteiger partial charge in [0, 0.05) is 12.6 Å². The Morgan fingerprint density at radius 1 is 1.35 bits per heavy atom. The summed E-state index contributed by atoms with van der Waals surface area (Å²) in [5.41, 5.74) is 1.06. The molecular weight excluding hydrogens is 255 g/mol. The normalized spacial score (nSPS) is 17.6. The maximum absolute atomic E-state index is 13.0. The highest BCUT2D eigenvalue weighted by atomic mass is 19.1. The van der Waals surface area contributed by atoms with Gasteiger partial charge < -0.3 is 5.32 Å². The summed E-state index contributed by atoms with van der Waals surface area (Å²) < 4.78 is 13.0. The third kappa shape index (κ3) is 4.04. The van der Waals surface area contributed by atoms with Gasteiger partial charge in [0.1, 0.15) is 5.82 Å². The Kier molecular flexibility index (Phi) is 5.12. The van der Waals surface area contributed by atoms with Gasteiger partial charge in [-0.1, -0.05) is 19.1 Å². The molecule has 1 saturated carbocycles. The summed E-state index contributed by atoms with van der Waals surface area (Å²) in [4.78, 5) is 11.9. The van der Waals surface area contributed by atoms with E-state index in [1.807, 2.05) is 26.0 Å². The van der Waals surface area contributed by atoms with Crippen molar-refractivity contribution in [2.24, 2.45) is 5.92 Å². The zero-order valence-electron chi connectivity index (χ0n) is 12.2. The number of rotatable bonds is 7. The van der Waals surface area contributed by atoms with Crippen LogP contribution in [-0.4, -0.2) is 18.5 Å². The van der Waals surface area contributed by atoms with Crippen molar-refractivity contribution in [1.82, 2.24) is 10.6 Å². The van der Waals surface area contributed by atoms with Gasteiger partial charge in [-0.3, -0.25) is 10.1 Å². The zero-order chi connectivity index (χ0) is 14.5. The monoisotopic (exact) mass is 278 g/mol. The van der Waals surface area contributed by atoms with E-state index in [9.17, 15) is 9.18 Å². The predicted molar refractivity (Wildman–Crippen MR) is 77.8 cm³/mol. The van der Waals surface area contributed by atoms with E-state index in [1.54, 1.807) is 0 Å². The molecule has 2 unspecified atom stereocenters. The van der Waals surface area contributed by atoms with Gasteiger partial charge in [0.2, 0.25) is 5.91 Å². The first kappa shape index (κ1) is 15.0. The second-order valence-electron chi connectivity index (χ2n) is 5.55. The number of carbonyl (C=O) groups excluding carboxylic acids is 1. The average Bonchev–Trinajstić information content (AvgIpc) is 3.27. The predicted octanol–water partition coefficient (Wildman–Crippen LogP) is 2.78. The molecule has 1 aromatic rings. The first-order chi connectivity index (χ1) is 9.61. The van der Waals surface area contributed by atoms with Gasteiger partial charge in [-0.2, -0.15) is 0 Å². The van der Waals surface area contributed by atoms with Crippen molar-refractivity contribution in [1.29, 1.82) is 0 Å². The third-order valence-electron chi connectivity index (χ3n) is 3.69. The largest absolute Gasteiger partial charge is 0.355 e. The minimum absolute atomic E-state index is 0.0274. The molecule has 1 aliphatic rings. The molecule has 1 amide bonds. The number of amides is 1. The summed E-state index contributed by atoms with van der Waals surface area (Å²) in [6.07, 6.45) is 3.26. The first-order valence-corrected chi connectivity index (χ1v) is 7.41. The van der Waals surface area contributed by atoms with Crippen LogP contribution in [0.25, 0.3) is 0 Å². The van der Waals surface area contributed by atoms with Gasteiger partial charge in [-0.15, -0.1) is 0 Å². The van der Waals surface area contributed by atoms with E-state index >= 15 is 0 Å². The van der Waals surface area contributed by atoms with E-state index < -0.39 is 0 Å². The topological polar surface area (TPSA) is 41.1 Å². The molecular formula is C16H23FN2O. The van der Waals surface area contributed by atoms with Crippen LogP contribution in [0.15, 0.2) is 24.3 Å². The second kappa shape index (κ2) is 6.84. The molecule has 20 heavy (non-hydrogen) atoms. The summed E-state index contributed by atoms with van der Waals surface area (Å²) in [7, 11) is 0. The third-order valence-corrected chi connectivity index (χ3v) is 3.69. The Balaban J connectivity index is 1.99. The van der Waals surface area contributed by atoms with Crippen LogP contribution in [0.3, 0.4) is 0 Å². The van der Waals surface area contributed by atoms with Crippen molar-refractivity contribution in [2.75, 3.05) is 6.54 Å². The molecule has 1 fully saturated rings. The van der Waals surface area contributed by atoms with E-state index in [0.717, 1.165) is 12.0 Å². The Bertz CT molecular complexity index is 442. The molecule has 0 spiro atoms. The lowest BCUT2D eigenvalue weighted by Crippen LogP contribution is -2.44. The maximum Gasteiger partial charge on any atom is 0.236 e. The fraction of sp³-hybridized carbons (Fsp3) is 0.562. The molecule has 2 atom stereocenters. The Labute approximate surface area is 120 Å². The van der Waals surface area contributed by atoms with Crippen molar-refractivity contribution in [3.63, 3.8) is 0 Å². The molecule has 0 aliphatic heterocycles. The van der Waals surface area contributed by atoms with E-state index in [1.165, 1.54) is 25.0 Å². The van der Waals surface area contributed by atoms with E-state index in [4.69, 9.17) is 0 Å². The molecule has 2 rings (SSSR count). The molecule has 0 aromatic heterocycles. The lowest BCUT2D eigenvalue weighted by atomic mass is 10.0. The molecule has 0 saturated heterocycles. The number of carbonyl (C=O) groups is 1. The number of hydrogen-bond donors (Lipinski definition) is 2. The lowest BCUT2D eigenvalue weighted by Gasteiger charge is -2.23. The summed E-state index contributed by atoms with van der Waals surface area (Å²) in [6, 6.07) is 6.47. The van der Waals surface area contributed by atoms with Crippen molar-refractivity contribution in [3.05, 3.63) is 35.6 Å².